The van der Waals surface area contributed by atoms with E-state index >= 15 is 0 Å². The van der Waals surface area contributed by atoms with Gasteiger partial charge in [0.1, 0.15) is 39.4 Å². The van der Waals surface area contributed by atoms with Crippen LogP contribution in [-0.4, -0.2) is 27.1 Å². The summed E-state index contributed by atoms with van der Waals surface area (Å²) in [4.78, 5) is 12.6. The monoisotopic (exact) mass is 518 g/mol. The van der Waals surface area contributed by atoms with E-state index in [1.807, 2.05) is 63.2 Å². The lowest BCUT2D eigenvalue weighted by atomic mass is 9.90. The van der Waals surface area contributed by atoms with Crippen LogP contribution in [0.4, 0.5) is 0 Å². The zero-order chi connectivity index (χ0) is 26.6. The smallest absolute Gasteiger partial charge is 0.189 e. The molecule has 0 unspecified atom stereocenters. The molecule has 0 saturated carbocycles. The normalized spacial score (nSPS) is 11.8. The number of benzene rings is 3. The summed E-state index contributed by atoms with van der Waals surface area (Å²) in [6.07, 6.45) is 1.68. The third-order valence-electron chi connectivity index (χ3n) is 5.65. The predicted octanol–water partition coefficient (Wildman–Crippen LogP) is 7.19. The predicted molar refractivity (Wildman–Crippen MR) is 144 cm³/mol. The highest BCUT2D eigenvalue weighted by atomic mass is 32.2. The van der Waals surface area contributed by atoms with Crippen LogP contribution in [-0.2, 0) is 14.6 Å². The second-order valence-electron chi connectivity index (χ2n) is 10.0. The molecule has 37 heavy (non-hydrogen) atoms. The van der Waals surface area contributed by atoms with Crippen molar-refractivity contribution in [3.8, 4) is 39.7 Å². The Balaban J connectivity index is 1.69. The van der Waals surface area contributed by atoms with Gasteiger partial charge >= 0.3 is 0 Å². The zero-order valence-electron chi connectivity index (χ0n) is 21.4. The molecule has 6 nitrogen and oxygen atoms in total. The van der Waals surface area contributed by atoms with Gasteiger partial charge < -0.3 is 13.9 Å². The van der Waals surface area contributed by atoms with Crippen LogP contribution in [0.1, 0.15) is 27.2 Å². The Morgan fingerprint density at radius 1 is 0.838 bits per heavy atom. The molecule has 0 aliphatic rings. The van der Waals surface area contributed by atoms with Crippen molar-refractivity contribution in [2.24, 2.45) is 5.41 Å². The summed E-state index contributed by atoms with van der Waals surface area (Å²) in [6.45, 7) is 5.71. The molecule has 7 heteroatoms. The maximum absolute atomic E-state index is 13.5. The van der Waals surface area contributed by atoms with E-state index in [1.165, 1.54) is 12.3 Å². The SMILES string of the molecule is COc1ccc(-c2cccc(Oc3ccc(-c4ccco4)cc3S(=O)(=O)CC(=O)CC(C)(C)C)c2)cc1. The maximum Gasteiger partial charge on any atom is 0.189 e. The number of ketones is 1. The summed E-state index contributed by atoms with van der Waals surface area (Å²) in [5, 5.41) is 0. The molecule has 4 rings (SSSR count). The lowest BCUT2D eigenvalue weighted by Gasteiger charge is -2.17. The van der Waals surface area contributed by atoms with Crippen LogP contribution >= 0.6 is 0 Å². The second-order valence-corrected chi connectivity index (χ2v) is 12.0. The van der Waals surface area contributed by atoms with Gasteiger partial charge in [0.2, 0.25) is 0 Å². The van der Waals surface area contributed by atoms with Gasteiger partial charge in [0.15, 0.2) is 9.84 Å². The van der Waals surface area contributed by atoms with Crippen molar-refractivity contribution < 1.29 is 27.1 Å². The third-order valence-corrected chi connectivity index (χ3v) is 7.34. The van der Waals surface area contributed by atoms with Crippen molar-refractivity contribution in [2.75, 3.05) is 12.9 Å². The van der Waals surface area contributed by atoms with E-state index in [4.69, 9.17) is 13.9 Å². The van der Waals surface area contributed by atoms with Crippen LogP contribution < -0.4 is 9.47 Å². The van der Waals surface area contributed by atoms with Gasteiger partial charge in [-0.1, -0.05) is 45.0 Å². The lowest BCUT2D eigenvalue weighted by molar-refractivity contribution is -0.118. The number of hydrogen-bond donors (Lipinski definition) is 0. The fourth-order valence-electron chi connectivity index (χ4n) is 4.01. The van der Waals surface area contributed by atoms with Crippen LogP contribution in [0.2, 0.25) is 0 Å². The maximum atomic E-state index is 13.5. The zero-order valence-corrected chi connectivity index (χ0v) is 22.2. The van der Waals surface area contributed by atoms with Gasteiger partial charge in [-0.25, -0.2) is 8.42 Å². The Morgan fingerprint density at radius 2 is 1.57 bits per heavy atom. The standard InChI is InChI=1S/C30H30O6S/c1-30(2,3)19-24(31)20-37(32,33)29-18-23(27-9-6-16-35-27)12-15-28(29)36-26-8-5-7-22(17-26)21-10-13-25(34-4)14-11-21/h5-18H,19-20H2,1-4H3. The van der Waals surface area contributed by atoms with Crippen molar-refractivity contribution in [1.29, 1.82) is 0 Å². The molecule has 192 valence electrons. The minimum atomic E-state index is -4.00. The van der Waals surface area contributed by atoms with Gasteiger partial charge in [-0.2, -0.15) is 0 Å². The van der Waals surface area contributed by atoms with Gasteiger partial charge in [0.25, 0.3) is 0 Å². The molecule has 1 heterocycles. The highest BCUT2D eigenvalue weighted by molar-refractivity contribution is 7.92. The first kappa shape index (κ1) is 26.2. The molecule has 4 aromatic rings. The fourth-order valence-corrected chi connectivity index (χ4v) is 5.42. The number of Topliss-reactive ketones (excluding diaryl/α,β-unsaturated/α-hetero) is 1. The highest BCUT2D eigenvalue weighted by Crippen LogP contribution is 2.36. The van der Waals surface area contributed by atoms with E-state index in [2.05, 4.69) is 0 Å². The fraction of sp³-hybridized carbons (Fsp3) is 0.233. The van der Waals surface area contributed by atoms with E-state index in [9.17, 15) is 13.2 Å². The molecule has 0 amide bonds. The van der Waals surface area contributed by atoms with E-state index in [0.29, 0.717) is 17.1 Å². The van der Waals surface area contributed by atoms with Crippen LogP contribution in [0.5, 0.6) is 17.2 Å². The van der Waals surface area contributed by atoms with E-state index < -0.39 is 15.6 Å². The lowest BCUT2D eigenvalue weighted by Crippen LogP contribution is -2.21. The minimum Gasteiger partial charge on any atom is -0.497 e. The third kappa shape index (κ3) is 6.68. The molecule has 0 aliphatic carbocycles. The number of furan rings is 1. The molecule has 0 saturated heterocycles. The second kappa shape index (κ2) is 10.6. The number of ether oxygens (including phenoxy) is 2. The largest absolute Gasteiger partial charge is 0.497 e. The summed E-state index contributed by atoms with van der Waals surface area (Å²) in [6, 6.07) is 23.3. The first-order valence-electron chi connectivity index (χ1n) is 11.9. The first-order chi connectivity index (χ1) is 17.5. The Hall–Kier alpha value is -3.84. The molecule has 0 spiro atoms. The van der Waals surface area contributed by atoms with Crippen LogP contribution in [0.15, 0.2) is 94.4 Å². The number of hydrogen-bond acceptors (Lipinski definition) is 6. The van der Waals surface area contributed by atoms with Gasteiger partial charge in [-0.05, 0) is 71.1 Å². The van der Waals surface area contributed by atoms with Gasteiger partial charge in [-0.15, -0.1) is 0 Å². The molecule has 0 aliphatic heterocycles. The van der Waals surface area contributed by atoms with Crippen molar-refractivity contribution in [3.63, 3.8) is 0 Å². The van der Waals surface area contributed by atoms with E-state index in [0.717, 1.165) is 16.9 Å². The van der Waals surface area contributed by atoms with Gasteiger partial charge in [0, 0.05) is 12.0 Å². The topological polar surface area (TPSA) is 82.8 Å². The number of sulfone groups is 1. The van der Waals surface area contributed by atoms with Crippen LogP contribution in [0.3, 0.4) is 0 Å². The number of carbonyl (C=O) groups excluding carboxylic acids is 1. The minimum absolute atomic E-state index is 0.0569. The van der Waals surface area contributed by atoms with Gasteiger partial charge in [0.05, 0.1) is 13.4 Å². The number of rotatable bonds is 9. The molecular weight excluding hydrogens is 488 g/mol. The molecule has 0 bridgehead atoms. The molecule has 0 N–H and O–H groups in total. The number of carbonyl (C=O) groups is 1. The molecule has 3 aromatic carbocycles. The van der Waals surface area contributed by atoms with E-state index in [1.54, 1.807) is 37.4 Å². The summed E-state index contributed by atoms with van der Waals surface area (Å²) >= 11 is 0. The van der Waals surface area contributed by atoms with E-state index in [-0.39, 0.29) is 28.3 Å². The van der Waals surface area contributed by atoms with Crippen LogP contribution in [0.25, 0.3) is 22.5 Å². The summed E-state index contributed by atoms with van der Waals surface area (Å²) in [7, 11) is -2.38. The Bertz CT molecular complexity index is 1480. The quantitative estimate of drug-likeness (QED) is 0.233. The average molecular weight is 519 g/mol. The molecular formula is C30H30O6S. The molecule has 1 aromatic heterocycles. The van der Waals surface area contributed by atoms with Gasteiger partial charge in [-0.3, -0.25) is 4.79 Å². The Kier molecular flexibility index (Phi) is 7.55. The van der Waals surface area contributed by atoms with Crippen molar-refractivity contribution in [3.05, 3.63) is 85.1 Å². The average Bonchev–Trinajstić information content (AvgIpc) is 3.38. The molecule has 0 radical (unpaired) electrons. The highest BCUT2D eigenvalue weighted by Gasteiger charge is 2.27. The van der Waals surface area contributed by atoms with Crippen LogP contribution in [0, 0.1) is 5.41 Å². The molecule has 0 atom stereocenters. The van der Waals surface area contributed by atoms with Crippen molar-refractivity contribution in [1.82, 2.24) is 0 Å². The number of methoxy groups -OCH3 is 1. The van der Waals surface area contributed by atoms with Crippen molar-refractivity contribution >= 4 is 15.6 Å². The summed E-state index contributed by atoms with van der Waals surface area (Å²) in [5.74, 6) is 0.938. The first-order valence-corrected chi connectivity index (χ1v) is 13.5. The Morgan fingerprint density at radius 3 is 2.22 bits per heavy atom. The Labute approximate surface area is 217 Å². The molecule has 0 fully saturated rings. The summed E-state index contributed by atoms with van der Waals surface area (Å²) < 4.78 is 43.7. The van der Waals surface area contributed by atoms with Crippen molar-refractivity contribution in [2.45, 2.75) is 32.1 Å². The summed E-state index contributed by atoms with van der Waals surface area (Å²) in [5.41, 5.74) is 2.12.